The van der Waals surface area contributed by atoms with Crippen molar-refractivity contribution in [1.82, 2.24) is 15.3 Å². The molecule has 7 nitrogen and oxygen atoms in total. The third-order valence-electron chi connectivity index (χ3n) is 2.89. The monoisotopic (exact) mass is 257 g/mol. The topological polar surface area (TPSA) is 101 Å². The van der Waals surface area contributed by atoms with Crippen LogP contribution in [0.4, 0.5) is 11.5 Å². The Morgan fingerprint density at radius 1 is 1.16 bits per heavy atom. The van der Waals surface area contributed by atoms with Crippen molar-refractivity contribution in [1.29, 1.82) is 0 Å². The van der Waals surface area contributed by atoms with Crippen molar-refractivity contribution in [3.05, 3.63) is 24.5 Å². The van der Waals surface area contributed by atoms with Crippen molar-refractivity contribution in [3.8, 4) is 0 Å². The van der Waals surface area contributed by atoms with Crippen LogP contribution in [-0.2, 0) is 9.59 Å². The fourth-order valence-electron chi connectivity index (χ4n) is 2.10. The van der Waals surface area contributed by atoms with Gasteiger partial charge in [0.2, 0.25) is 11.8 Å². The number of nitrogens with two attached hydrogens (primary N) is 1. The van der Waals surface area contributed by atoms with Gasteiger partial charge in [-0.05, 0) is 18.2 Å². The normalized spacial score (nSPS) is 15.7. The summed E-state index contributed by atoms with van der Waals surface area (Å²) < 4.78 is 0. The van der Waals surface area contributed by atoms with Crippen molar-refractivity contribution in [2.45, 2.75) is 0 Å². The average molecular weight is 257 g/mol. The zero-order valence-electron chi connectivity index (χ0n) is 9.96. The van der Waals surface area contributed by atoms with Gasteiger partial charge in [0, 0.05) is 11.1 Å². The number of carbonyl (C=O) groups is 2. The number of imide groups is 1. The smallest absolute Gasteiger partial charge is 0.246 e. The first-order chi connectivity index (χ1) is 9.13. The molecule has 0 aliphatic carbocycles. The minimum atomic E-state index is -0.341. The Hall–Kier alpha value is -2.70. The van der Waals surface area contributed by atoms with E-state index in [9.17, 15) is 9.59 Å². The number of piperazine rings is 1. The quantitative estimate of drug-likeness (QED) is 0.536. The first-order valence-corrected chi connectivity index (χ1v) is 5.71. The van der Waals surface area contributed by atoms with Gasteiger partial charge in [-0.2, -0.15) is 0 Å². The molecule has 2 aromatic rings. The fourth-order valence-corrected chi connectivity index (χ4v) is 2.10. The van der Waals surface area contributed by atoms with Gasteiger partial charge in [-0.1, -0.05) is 0 Å². The van der Waals surface area contributed by atoms with Crippen LogP contribution in [0.15, 0.2) is 24.5 Å². The predicted molar refractivity (Wildman–Crippen MR) is 69.3 cm³/mol. The summed E-state index contributed by atoms with van der Waals surface area (Å²) in [5.74, 6) is -0.140. The number of benzene rings is 1. The number of nitrogens with zero attached hydrogens (tertiary/aromatic N) is 3. The molecule has 1 aromatic heterocycles. The zero-order chi connectivity index (χ0) is 13.4. The third kappa shape index (κ3) is 2.05. The van der Waals surface area contributed by atoms with E-state index in [0.717, 1.165) is 10.9 Å². The first kappa shape index (κ1) is 11.4. The molecule has 0 atom stereocenters. The minimum Gasteiger partial charge on any atom is -0.399 e. The summed E-state index contributed by atoms with van der Waals surface area (Å²) in [6.07, 6.45) is 1.41. The Labute approximate surface area is 108 Å². The molecule has 3 rings (SSSR count). The molecule has 19 heavy (non-hydrogen) atoms. The number of carbonyl (C=O) groups excluding carboxylic acids is 2. The first-order valence-electron chi connectivity index (χ1n) is 5.71. The molecule has 0 unspecified atom stereocenters. The fraction of sp³-hybridized carbons (Fsp3) is 0.167. The highest BCUT2D eigenvalue weighted by molar-refractivity contribution is 6.04. The van der Waals surface area contributed by atoms with Crippen LogP contribution in [0.3, 0.4) is 0 Å². The maximum Gasteiger partial charge on any atom is 0.246 e. The van der Waals surface area contributed by atoms with E-state index in [1.165, 1.54) is 6.33 Å². The maximum atomic E-state index is 11.4. The number of hydrogen-bond donors (Lipinski definition) is 2. The van der Waals surface area contributed by atoms with Gasteiger partial charge in [0.25, 0.3) is 0 Å². The lowest BCUT2D eigenvalue weighted by Crippen LogP contribution is -2.51. The number of fused-ring (bicyclic) bond motifs is 1. The van der Waals surface area contributed by atoms with E-state index in [2.05, 4.69) is 15.3 Å². The van der Waals surface area contributed by atoms with E-state index in [1.807, 2.05) is 0 Å². The van der Waals surface area contributed by atoms with E-state index >= 15 is 0 Å². The summed E-state index contributed by atoms with van der Waals surface area (Å²) in [4.78, 5) is 32.8. The highest BCUT2D eigenvalue weighted by Gasteiger charge is 2.24. The van der Waals surface area contributed by atoms with Crippen LogP contribution in [0.2, 0.25) is 0 Å². The number of nitrogen functional groups attached to an aromatic ring is 1. The van der Waals surface area contributed by atoms with Crippen LogP contribution >= 0.6 is 0 Å². The van der Waals surface area contributed by atoms with Crippen LogP contribution < -0.4 is 16.0 Å². The van der Waals surface area contributed by atoms with Gasteiger partial charge < -0.3 is 10.6 Å². The molecule has 0 spiro atoms. The molecule has 1 aliphatic heterocycles. The Bertz CT molecular complexity index is 669. The van der Waals surface area contributed by atoms with Gasteiger partial charge in [0.05, 0.1) is 18.6 Å². The van der Waals surface area contributed by atoms with Crippen molar-refractivity contribution < 1.29 is 9.59 Å². The molecule has 96 valence electrons. The second kappa shape index (κ2) is 4.20. The van der Waals surface area contributed by atoms with Gasteiger partial charge >= 0.3 is 0 Å². The average Bonchev–Trinajstić information content (AvgIpc) is 2.36. The second-order valence-corrected chi connectivity index (χ2v) is 4.30. The van der Waals surface area contributed by atoms with Crippen LogP contribution in [0.1, 0.15) is 0 Å². The van der Waals surface area contributed by atoms with Crippen LogP contribution in [0.25, 0.3) is 10.9 Å². The maximum absolute atomic E-state index is 11.4. The predicted octanol–water partition coefficient (Wildman–Crippen LogP) is -0.325. The summed E-state index contributed by atoms with van der Waals surface area (Å²) in [6, 6.07) is 5.26. The van der Waals surface area contributed by atoms with Crippen LogP contribution in [0.5, 0.6) is 0 Å². The minimum absolute atomic E-state index is 0.0899. The van der Waals surface area contributed by atoms with E-state index in [-0.39, 0.29) is 24.9 Å². The molecule has 7 heteroatoms. The number of amides is 2. The van der Waals surface area contributed by atoms with Gasteiger partial charge in [0.15, 0.2) is 0 Å². The van der Waals surface area contributed by atoms with E-state index < -0.39 is 0 Å². The van der Waals surface area contributed by atoms with Gasteiger partial charge in [-0.25, -0.2) is 9.97 Å². The number of hydrogen-bond acceptors (Lipinski definition) is 6. The van der Waals surface area contributed by atoms with E-state index in [4.69, 9.17) is 5.73 Å². The summed E-state index contributed by atoms with van der Waals surface area (Å²) in [5.41, 5.74) is 7.06. The zero-order valence-corrected chi connectivity index (χ0v) is 9.96. The van der Waals surface area contributed by atoms with Crippen LogP contribution in [-0.4, -0.2) is 34.9 Å². The van der Waals surface area contributed by atoms with Crippen molar-refractivity contribution in [2.24, 2.45) is 0 Å². The molecule has 0 bridgehead atoms. The van der Waals surface area contributed by atoms with Gasteiger partial charge in [-0.15, -0.1) is 0 Å². The van der Waals surface area contributed by atoms with Crippen molar-refractivity contribution in [2.75, 3.05) is 23.7 Å². The van der Waals surface area contributed by atoms with Crippen LogP contribution in [0, 0.1) is 0 Å². The molecule has 1 saturated heterocycles. The number of aromatic nitrogens is 2. The van der Waals surface area contributed by atoms with Crippen molar-refractivity contribution >= 4 is 34.2 Å². The second-order valence-electron chi connectivity index (χ2n) is 4.30. The van der Waals surface area contributed by atoms with Gasteiger partial charge in [0.1, 0.15) is 12.1 Å². The largest absolute Gasteiger partial charge is 0.399 e. The molecular weight excluding hydrogens is 246 g/mol. The molecule has 0 saturated carbocycles. The Morgan fingerprint density at radius 2 is 1.89 bits per heavy atom. The molecule has 2 amide bonds. The van der Waals surface area contributed by atoms with Gasteiger partial charge in [-0.3, -0.25) is 14.9 Å². The summed E-state index contributed by atoms with van der Waals surface area (Å²) in [5, 5.41) is 2.98. The molecule has 0 radical (unpaired) electrons. The molecule has 1 aromatic carbocycles. The summed E-state index contributed by atoms with van der Waals surface area (Å²) in [6.45, 7) is 0.180. The van der Waals surface area contributed by atoms with E-state index in [1.54, 1.807) is 23.1 Å². The summed E-state index contributed by atoms with van der Waals surface area (Å²) in [7, 11) is 0. The van der Waals surface area contributed by atoms with E-state index in [0.29, 0.717) is 11.5 Å². The lowest BCUT2D eigenvalue weighted by Gasteiger charge is -2.27. The Morgan fingerprint density at radius 3 is 2.63 bits per heavy atom. The Balaban J connectivity index is 2.11. The lowest BCUT2D eigenvalue weighted by atomic mass is 10.2. The highest BCUT2D eigenvalue weighted by atomic mass is 16.2. The highest BCUT2D eigenvalue weighted by Crippen LogP contribution is 2.25. The molecule has 1 aliphatic rings. The standard InChI is InChI=1S/C12H11N5O2/c13-7-1-2-9-8(3-7)12(15-6-14-9)17-4-10(18)16-11(19)5-17/h1-3,6H,4-5,13H2,(H,16,18,19). The summed E-state index contributed by atoms with van der Waals surface area (Å²) >= 11 is 0. The number of anilines is 2. The molecular formula is C12H11N5O2. The van der Waals surface area contributed by atoms with Crippen molar-refractivity contribution in [3.63, 3.8) is 0 Å². The molecule has 3 N–H and O–H groups in total. The third-order valence-corrected chi connectivity index (χ3v) is 2.89. The Kier molecular flexibility index (Phi) is 2.52. The SMILES string of the molecule is Nc1ccc2ncnc(N3CC(=O)NC(=O)C3)c2c1. The number of rotatable bonds is 1. The lowest BCUT2D eigenvalue weighted by molar-refractivity contribution is -0.130. The molecule has 1 fully saturated rings. The molecule has 2 heterocycles. The number of nitrogens with one attached hydrogen (secondary N) is 1.